The zero-order valence-corrected chi connectivity index (χ0v) is 12.5. The van der Waals surface area contributed by atoms with Crippen molar-refractivity contribution in [2.45, 2.75) is 19.9 Å². The SMILES string of the molecule is COC(=O)[C@H](NC(=O)c1ccc(C)o1)c1ccc(F)c(C)c1. The van der Waals surface area contributed by atoms with Crippen LogP contribution in [0.1, 0.15) is 33.5 Å². The molecule has 1 atom stereocenters. The van der Waals surface area contributed by atoms with Gasteiger partial charge < -0.3 is 14.5 Å². The first-order valence-corrected chi connectivity index (χ1v) is 6.63. The Morgan fingerprint density at radius 3 is 2.50 bits per heavy atom. The number of hydrogen-bond donors (Lipinski definition) is 1. The van der Waals surface area contributed by atoms with Crippen LogP contribution in [0.15, 0.2) is 34.7 Å². The van der Waals surface area contributed by atoms with Crippen molar-refractivity contribution >= 4 is 11.9 Å². The number of ether oxygens (including phenoxy) is 1. The number of carbonyl (C=O) groups is 2. The minimum atomic E-state index is -1.04. The highest BCUT2D eigenvalue weighted by Crippen LogP contribution is 2.19. The first-order valence-electron chi connectivity index (χ1n) is 6.63. The van der Waals surface area contributed by atoms with Crippen LogP contribution in [0, 0.1) is 19.7 Å². The lowest BCUT2D eigenvalue weighted by molar-refractivity contribution is -0.143. The number of benzene rings is 1. The predicted octanol–water partition coefficient (Wildman–Crippen LogP) is 2.68. The van der Waals surface area contributed by atoms with E-state index in [4.69, 9.17) is 9.15 Å². The van der Waals surface area contributed by atoms with Crippen LogP contribution >= 0.6 is 0 Å². The highest BCUT2D eigenvalue weighted by atomic mass is 19.1. The fourth-order valence-corrected chi connectivity index (χ4v) is 2.00. The molecule has 6 heteroatoms. The van der Waals surface area contributed by atoms with Crippen molar-refractivity contribution < 1.29 is 23.1 Å². The predicted molar refractivity (Wildman–Crippen MR) is 76.8 cm³/mol. The van der Waals surface area contributed by atoms with Gasteiger partial charge >= 0.3 is 5.97 Å². The quantitative estimate of drug-likeness (QED) is 0.882. The molecule has 1 aromatic heterocycles. The summed E-state index contributed by atoms with van der Waals surface area (Å²) in [4.78, 5) is 24.0. The third kappa shape index (κ3) is 3.33. The van der Waals surface area contributed by atoms with E-state index < -0.39 is 17.9 Å². The van der Waals surface area contributed by atoms with Crippen molar-refractivity contribution in [3.63, 3.8) is 0 Å². The molecule has 0 bridgehead atoms. The number of hydrogen-bond acceptors (Lipinski definition) is 4. The number of nitrogens with one attached hydrogen (secondary N) is 1. The van der Waals surface area contributed by atoms with Gasteiger partial charge in [-0.1, -0.05) is 12.1 Å². The topological polar surface area (TPSA) is 68.5 Å². The van der Waals surface area contributed by atoms with Gasteiger partial charge in [-0.25, -0.2) is 9.18 Å². The van der Waals surface area contributed by atoms with Gasteiger partial charge in [0, 0.05) is 0 Å². The van der Waals surface area contributed by atoms with Crippen LogP contribution in [0.3, 0.4) is 0 Å². The molecule has 116 valence electrons. The van der Waals surface area contributed by atoms with Gasteiger partial charge in [-0.2, -0.15) is 0 Å². The monoisotopic (exact) mass is 305 g/mol. The van der Waals surface area contributed by atoms with E-state index in [0.29, 0.717) is 16.9 Å². The van der Waals surface area contributed by atoms with Gasteiger partial charge in [0.15, 0.2) is 11.8 Å². The van der Waals surface area contributed by atoms with E-state index in [2.05, 4.69) is 5.32 Å². The lowest BCUT2D eigenvalue weighted by atomic mass is 10.0. The zero-order chi connectivity index (χ0) is 16.3. The fraction of sp³-hybridized carbons (Fsp3) is 0.250. The highest BCUT2D eigenvalue weighted by Gasteiger charge is 2.25. The van der Waals surface area contributed by atoms with Crippen molar-refractivity contribution in [3.05, 3.63) is 58.8 Å². The van der Waals surface area contributed by atoms with E-state index in [9.17, 15) is 14.0 Å². The minimum Gasteiger partial charge on any atom is -0.467 e. The van der Waals surface area contributed by atoms with Gasteiger partial charge in [0.2, 0.25) is 0 Å². The Morgan fingerprint density at radius 2 is 1.95 bits per heavy atom. The normalized spacial score (nSPS) is 11.8. The largest absolute Gasteiger partial charge is 0.467 e. The summed E-state index contributed by atoms with van der Waals surface area (Å²) >= 11 is 0. The summed E-state index contributed by atoms with van der Waals surface area (Å²) in [6, 6.07) is 6.27. The Bertz CT molecular complexity index is 708. The summed E-state index contributed by atoms with van der Waals surface area (Å²) in [5.74, 6) is -0.920. The molecule has 1 heterocycles. The molecular weight excluding hydrogens is 289 g/mol. The third-order valence-electron chi connectivity index (χ3n) is 3.19. The lowest BCUT2D eigenvalue weighted by Gasteiger charge is -2.17. The average molecular weight is 305 g/mol. The van der Waals surface area contributed by atoms with Crippen molar-refractivity contribution in [3.8, 4) is 0 Å². The molecule has 2 aromatic rings. The summed E-state index contributed by atoms with van der Waals surface area (Å²) in [5, 5.41) is 2.53. The number of esters is 1. The molecule has 0 fully saturated rings. The Morgan fingerprint density at radius 1 is 1.23 bits per heavy atom. The summed E-state index contributed by atoms with van der Waals surface area (Å²) in [6.45, 7) is 3.28. The molecule has 0 aliphatic rings. The minimum absolute atomic E-state index is 0.0882. The second-order valence-corrected chi connectivity index (χ2v) is 4.85. The molecule has 0 radical (unpaired) electrons. The molecule has 0 aliphatic heterocycles. The molecule has 0 saturated carbocycles. The number of furan rings is 1. The average Bonchev–Trinajstić information content (AvgIpc) is 2.93. The van der Waals surface area contributed by atoms with E-state index in [0.717, 1.165) is 0 Å². The van der Waals surface area contributed by atoms with Crippen LogP contribution in [0.25, 0.3) is 0 Å². The van der Waals surface area contributed by atoms with Gasteiger partial charge in [-0.05, 0) is 43.2 Å². The molecule has 0 saturated heterocycles. The van der Waals surface area contributed by atoms with E-state index in [1.165, 1.54) is 31.4 Å². The van der Waals surface area contributed by atoms with Crippen LogP contribution in [-0.4, -0.2) is 19.0 Å². The third-order valence-corrected chi connectivity index (χ3v) is 3.19. The summed E-state index contributed by atoms with van der Waals surface area (Å²) in [5.41, 5.74) is 0.803. The maximum absolute atomic E-state index is 13.4. The van der Waals surface area contributed by atoms with Gasteiger partial charge in [0.1, 0.15) is 11.6 Å². The molecule has 1 N–H and O–H groups in total. The first-order chi connectivity index (χ1) is 10.4. The molecule has 1 amide bonds. The Kier molecular flexibility index (Phi) is 4.60. The second-order valence-electron chi connectivity index (χ2n) is 4.85. The second kappa shape index (κ2) is 6.43. The number of aryl methyl sites for hydroxylation is 2. The molecule has 1 aromatic carbocycles. The molecule has 0 aliphatic carbocycles. The Labute approximate surface area is 127 Å². The van der Waals surface area contributed by atoms with Crippen molar-refractivity contribution in [2.75, 3.05) is 7.11 Å². The number of amides is 1. The molecule has 0 spiro atoms. The number of carbonyl (C=O) groups excluding carboxylic acids is 2. The maximum atomic E-state index is 13.4. The van der Waals surface area contributed by atoms with Crippen LogP contribution < -0.4 is 5.32 Å². The number of methoxy groups -OCH3 is 1. The Balaban J connectivity index is 2.28. The standard InChI is InChI=1S/C16H16FNO4/c1-9-8-11(5-6-12(9)17)14(16(20)21-3)18-15(19)13-7-4-10(2)22-13/h4-8,14H,1-3H3,(H,18,19)/t14-/m1/s1. The molecule has 5 nitrogen and oxygen atoms in total. The van der Waals surface area contributed by atoms with Gasteiger partial charge in [0.25, 0.3) is 5.91 Å². The van der Waals surface area contributed by atoms with Gasteiger partial charge in [-0.15, -0.1) is 0 Å². The van der Waals surface area contributed by atoms with Crippen LogP contribution in [0.5, 0.6) is 0 Å². The van der Waals surface area contributed by atoms with Crippen molar-refractivity contribution in [1.82, 2.24) is 5.32 Å². The van der Waals surface area contributed by atoms with Crippen molar-refractivity contribution in [1.29, 1.82) is 0 Å². The summed E-state index contributed by atoms with van der Waals surface area (Å²) < 4.78 is 23.3. The van der Waals surface area contributed by atoms with Crippen molar-refractivity contribution in [2.24, 2.45) is 0 Å². The maximum Gasteiger partial charge on any atom is 0.333 e. The Hall–Kier alpha value is -2.63. The lowest BCUT2D eigenvalue weighted by Crippen LogP contribution is -2.34. The molecular formula is C16H16FNO4. The van der Waals surface area contributed by atoms with E-state index in [-0.39, 0.29) is 11.6 Å². The van der Waals surface area contributed by atoms with Crippen LogP contribution in [0.4, 0.5) is 4.39 Å². The first kappa shape index (κ1) is 15.8. The van der Waals surface area contributed by atoms with E-state index in [1.807, 2.05) is 0 Å². The summed E-state index contributed by atoms with van der Waals surface area (Å²) in [7, 11) is 1.22. The highest BCUT2D eigenvalue weighted by molar-refractivity contribution is 5.94. The van der Waals surface area contributed by atoms with E-state index in [1.54, 1.807) is 19.9 Å². The number of rotatable bonds is 4. The summed E-state index contributed by atoms with van der Waals surface area (Å²) in [6.07, 6.45) is 0. The van der Waals surface area contributed by atoms with Crippen LogP contribution in [0.2, 0.25) is 0 Å². The van der Waals surface area contributed by atoms with E-state index >= 15 is 0 Å². The van der Waals surface area contributed by atoms with Gasteiger partial charge in [0.05, 0.1) is 7.11 Å². The zero-order valence-electron chi connectivity index (χ0n) is 12.5. The molecule has 2 rings (SSSR count). The molecule has 0 unspecified atom stereocenters. The number of halogens is 1. The smallest absolute Gasteiger partial charge is 0.333 e. The van der Waals surface area contributed by atoms with Crippen LogP contribution in [-0.2, 0) is 9.53 Å². The molecule has 22 heavy (non-hydrogen) atoms. The fourth-order valence-electron chi connectivity index (χ4n) is 2.00. The van der Waals surface area contributed by atoms with Gasteiger partial charge in [-0.3, -0.25) is 4.79 Å².